The molecule has 2 heterocycles. The van der Waals surface area contributed by atoms with Crippen LogP contribution in [0.4, 0.5) is 13.2 Å². The third-order valence-electron chi connectivity index (χ3n) is 3.51. The van der Waals surface area contributed by atoms with Crippen LogP contribution in [0, 0.1) is 0 Å². The number of aromatic nitrogens is 3. The monoisotopic (exact) mass is 379 g/mol. The number of halogens is 3. The number of hydrogen-bond acceptors (Lipinski definition) is 5. The van der Waals surface area contributed by atoms with Gasteiger partial charge in [0.1, 0.15) is 10.6 Å². The number of benzene rings is 1. The first-order chi connectivity index (χ1) is 12.2. The molecule has 0 amide bonds. The van der Waals surface area contributed by atoms with Crippen LogP contribution in [0.15, 0.2) is 59.8 Å². The Labute approximate surface area is 147 Å². The highest BCUT2D eigenvalue weighted by atomic mass is 32.2. The Kier molecular flexibility index (Phi) is 4.49. The zero-order valence-electron chi connectivity index (χ0n) is 13.4. The average molecular weight is 379 g/mol. The molecule has 0 saturated carbocycles. The molecule has 0 spiro atoms. The highest BCUT2D eigenvalue weighted by Gasteiger charge is 2.31. The minimum absolute atomic E-state index is 0.0276. The highest BCUT2D eigenvalue weighted by molar-refractivity contribution is 7.90. The molecule has 1 aromatic carbocycles. The number of pyridine rings is 1. The Bertz CT molecular complexity index is 1050. The van der Waals surface area contributed by atoms with Gasteiger partial charge in [0.15, 0.2) is 15.7 Å². The third-order valence-corrected chi connectivity index (χ3v) is 4.61. The first-order valence-electron chi connectivity index (χ1n) is 7.32. The molecule has 134 valence electrons. The maximum Gasteiger partial charge on any atom is 0.416 e. The standard InChI is InChI=1S/C17H12F3N3O2S/c1-26(24,25)14-10-22-16(13-7-2-3-8-21-13)23-15(14)11-5-4-6-12(9-11)17(18,19)20/h2-10H,1H3. The molecule has 5 nitrogen and oxygen atoms in total. The number of rotatable bonds is 3. The van der Waals surface area contributed by atoms with Crippen LogP contribution >= 0.6 is 0 Å². The molecule has 0 aliphatic heterocycles. The van der Waals surface area contributed by atoms with E-state index in [-0.39, 0.29) is 22.0 Å². The maximum atomic E-state index is 13.0. The van der Waals surface area contributed by atoms with Crippen molar-refractivity contribution in [3.05, 3.63) is 60.4 Å². The summed E-state index contributed by atoms with van der Waals surface area (Å²) in [5, 5.41) is 0. The molecule has 0 fully saturated rings. The lowest BCUT2D eigenvalue weighted by Crippen LogP contribution is -2.07. The normalized spacial score (nSPS) is 12.2. The van der Waals surface area contributed by atoms with Crippen molar-refractivity contribution in [2.45, 2.75) is 11.1 Å². The van der Waals surface area contributed by atoms with E-state index in [1.807, 2.05) is 0 Å². The van der Waals surface area contributed by atoms with Crippen LogP contribution in [0.3, 0.4) is 0 Å². The van der Waals surface area contributed by atoms with Crippen molar-refractivity contribution in [1.29, 1.82) is 0 Å². The maximum absolute atomic E-state index is 13.0. The van der Waals surface area contributed by atoms with Crippen LogP contribution in [0.2, 0.25) is 0 Å². The van der Waals surface area contributed by atoms with E-state index in [9.17, 15) is 21.6 Å². The van der Waals surface area contributed by atoms with Gasteiger partial charge in [0.25, 0.3) is 0 Å². The Morgan fingerprint density at radius 1 is 1.00 bits per heavy atom. The SMILES string of the molecule is CS(=O)(=O)c1cnc(-c2ccccn2)nc1-c1cccc(C(F)(F)F)c1. The molecule has 0 saturated heterocycles. The molecule has 2 aromatic heterocycles. The zero-order valence-corrected chi connectivity index (χ0v) is 14.2. The van der Waals surface area contributed by atoms with Crippen molar-refractivity contribution < 1.29 is 21.6 Å². The number of alkyl halides is 3. The van der Waals surface area contributed by atoms with Gasteiger partial charge in [-0.3, -0.25) is 4.98 Å². The molecule has 0 aliphatic rings. The largest absolute Gasteiger partial charge is 0.416 e. The summed E-state index contributed by atoms with van der Waals surface area (Å²) in [6.45, 7) is 0. The fraction of sp³-hybridized carbons (Fsp3) is 0.118. The number of hydrogen-bond donors (Lipinski definition) is 0. The lowest BCUT2D eigenvalue weighted by molar-refractivity contribution is -0.137. The van der Waals surface area contributed by atoms with Gasteiger partial charge in [0.05, 0.1) is 17.5 Å². The summed E-state index contributed by atoms with van der Waals surface area (Å²) in [7, 11) is -3.76. The van der Waals surface area contributed by atoms with Crippen molar-refractivity contribution in [3.8, 4) is 22.8 Å². The van der Waals surface area contributed by atoms with Gasteiger partial charge in [0, 0.05) is 18.0 Å². The van der Waals surface area contributed by atoms with Crippen molar-refractivity contribution in [2.75, 3.05) is 6.26 Å². The number of nitrogens with zero attached hydrogens (tertiary/aromatic N) is 3. The quantitative estimate of drug-likeness (QED) is 0.695. The molecular formula is C17H12F3N3O2S. The Hall–Kier alpha value is -2.81. The van der Waals surface area contributed by atoms with Crippen molar-refractivity contribution >= 4 is 9.84 Å². The van der Waals surface area contributed by atoms with E-state index in [1.54, 1.807) is 18.2 Å². The minimum atomic E-state index is -4.56. The van der Waals surface area contributed by atoms with Crippen LogP contribution < -0.4 is 0 Å². The van der Waals surface area contributed by atoms with E-state index >= 15 is 0 Å². The van der Waals surface area contributed by atoms with Gasteiger partial charge in [-0.25, -0.2) is 18.4 Å². The van der Waals surface area contributed by atoms with Crippen LogP contribution in [-0.2, 0) is 16.0 Å². The molecule has 0 radical (unpaired) electrons. The number of sulfone groups is 1. The second kappa shape index (κ2) is 6.49. The van der Waals surface area contributed by atoms with Gasteiger partial charge in [-0.05, 0) is 24.3 Å². The topological polar surface area (TPSA) is 72.8 Å². The van der Waals surface area contributed by atoms with E-state index in [0.717, 1.165) is 24.6 Å². The van der Waals surface area contributed by atoms with E-state index in [4.69, 9.17) is 0 Å². The first kappa shape index (κ1) is 18.0. The fourth-order valence-electron chi connectivity index (χ4n) is 2.31. The molecule has 0 atom stereocenters. The smallest absolute Gasteiger partial charge is 0.253 e. The second-order valence-corrected chi connectivity index (χ2v) is 7.46. The fourth-order valence-corrected chi connectivity index (χ4v) is 3.07. The summed E-state index contributed by atoms with van der Waals surface area (Å²) in [6.07, 6.45) is -1.02. The van der Waals surface area contributed by atoms with Crippen LogP contribution in [0.5, 0.6) is 0 Å². The lowest BCUT2D eigenvalue weighted by Gasteiger charge is -2.11. The van der Waals surface area contributed by atoms with Crippen LogP contribution in [0.25, 0.3) is 22.8 Å². The predicted octanol–water partition coefficient (Wildman–Crippen LogP) is 3.63. The van der Waals surface area contributed by atoms with Gasteiger partial charge in [-0.1, -0.05) is 18.2 Å². The summed E-state index contributed by atoms with van der Waals surface area (Å²) in [5.74, 6) is 0.116. The summed E-state index contributed by atoms with van der Waals surface area (Å²) in [6, 6.07) is 9.33. The van der Waals surface area contributed by atoms with Crippen LogP contribution in [-0.4, -0.2) is 29.6 Å². The predicted molar refractivity (Wildman–Crippen MR) is 88.8 cm³/mol. The van der Waals surface area contributed by atoms with Crippen LogP contribution in [0.1, 0.15) is 5.56 Å². The van der Waals surface area contributed by atoms with Crippen molar-refractivity contribution in [2.24, 2.45) is 0 Å². The van der Waals surface area contributed by atoms with Crippen molar-refractivity contribution in [3.63, 3.8) is 0 Å². The molecule has 0 aliphatic carbocycles. The summed E-state index contributed by atoms with van der Waals surface area (Å²) < 4.78 is 63.1. The van der Waals surface area contributed by atoms with Gasteiger partial charge < -0.3 is 0 Å². The van der Waals surface area contributed by atoms with E-state index in [0.29, 0.717) is 5.69 Å². The summed E-state index contributed by atoms with van der Waals surface area (Å²) in [5.41, 5.74) is -0.595. The Balaban J connectivity index is 2.24. The molecular weight excluding hydrogens is 367 g/mol. The minimum Gasteiger partial charge on any atom is -0.253 e. The molecule has 26 heavy (non-hydrogen) atoms. The van der Waals surface area contributed by atoms with Gasteiger partial charge >= 0.3 is 6.18 Å². The van der Waals surface area contributed by atoms with E-state index < -0.39 is 21.6 Å². The van der Waals surface area contributed by atoms with Gasteiger partial charge in [0.2, 0.25) is 0 Å². The average Bonchev–Trinajstić information content (AvgIpc) is 2.60. The molecule has 3 aromatic rings. The summed E-state index contributed by atoms with van der Waals surface area (Å²) >= 11 is 0. The Morgan fingerprint density at radius 3 is 2.38 bits per heavy atom. The first-order valence-corrected chi connectivity index (χ1v) is 9.21. The van der Waals surface area contributed by atoms with E-state index in [2.05, 4.69) is 15.0 Å². The van der Waals surface area contributed by atoms with Gasteiger partial charge in [-0.2, -0.15) is 13.2 Å². The Morgan fingerprint density at radius 2 is 1.77 bits per heavy atom. The molecule has 0 bridgehead atoms. The van der Waals surface area contributed by atoms with E-state index in [1.165, 1.54) is 18.3 Å². The second-order valence-electron chi connectivity index (χ2n) is 5.47. The van der Waals surface area contributed by atoms with Gasteiger partial charge in [-0.15, -0.1) is 0 Å². The molecule has 3 rings (SSSR count). The molecule has 0 unspecified atom stereocenters. The third kappa shape index (κ3) is 3.72. The lowest BCUT2D eigenvalue weighted by atomic mass is 10.1. The van der Waals surface area contributed by atoms with Crippen molar-refractivity contribution in [1.82, 2.24) is 15.0 Å². The molecule has 9 heteroatoms. The molecule has 0 N–H and O–H groups in total. The zero-order chi connectivity index (χ0) is 18.9. The highest BCUT2D eigenvalue weighted by Crippen LogP contribution is 2.33. The summed E-state index contributed by atoms with van der Waals surface area (Å²) in [4.78, 5) is 12.0.